The molecular formula is C18H19F3N2O. The topological polar surface area (TPSA) is 32.3 Å². The summed E-state index contributed by atoms with van der Waals surface area (Å²) < 4.78 is 40.8. The van der Waals surface area contributed by atoms with Gasteiger partial charge < -0.3 is 0 Å². The Kier molecular flexibility index (Phi) is 4.49. The minimum atomic E-state index is -4.47. The average Bonchev–Trinajstić information content (AvgIpc) is 2.92. The minimum Gasteiger partial charge on any atom is -0.288 e. The molecule has 1 amide bonds. The molecule has 6 heteroatoms. The van der Waals surface area contributed by atoms with Crippen molar-refractivity contribution in [2.24, 2.45) is 0 Å². The second-order valence-corrected chi connectivity index (χ2v) is 6.07. The van der Waals surface area contributed by atoms with E-state index in [4.69, 9.17) is 0 Å². The summed E-state index contributed by atoms with van der Waals surface area (Å²) in [4.78, 5) is 11.3. The van der Waals surface area contributed by atoms with Crippen LogP contribution in [0.5, 0.6) is 0 Å². The maximum absolute atomic E-state index is 13.6. The molecule has 0 unspecified atom stereocenters. The molecule has 1 atom stereocenters. The Morgan fingerprint density at radius 3 is 2.67 bits per heavy atom. The van der Waals surface area contributed by atoms with E-state index in [0.717, 1.165) is 34.2 Å². The number of hydrogen-bond acceptors (Lipinski definition) is 2. The number of hydrogen-bond donors (Lipinski definition) is 1. The van der Waals surface area contributed by atoms with Crippen molar-refractivity contribution in [1.29, 1.82) is 0 Å². The highest BCUT2D eigenvalue weighted by Crippen LogP contribution is 2.39. The second-order valence-electron chi connectivity index (χ2n) is 6.07. The number of alkyl halides is 3. The quantitative estimate of drug-likeness (QED) is 0.910. The molecule has 1 aliphatic rings. The molecule has 3 nitrogen and oxygen atoms in total. The van der Waals surface area contributed by atoms with Crippen molar-refractivity contribution in [2.75, 3.05) is 6.54 Å². The van der Waals surface area contributed by atoms with Gasteiger partial charge in [-0.25, -0.2) is 5.01 Å². The molecule has 0 spiro atoms. The van der Waals surface area contributed by atoms with Crippen LogP contribution in [0.1, 0.15) is 36.9 Å². The zero-order valence-corrected chi connectivity index (χ0v) is 13.4. The largest absolute Gasteiger partial charge is 0.409 e. The summed E-state index contributed by atoms with van der Waals surface area (Å²) in [5, 5.41) is 2.76. The Morgan fingerprint density at radius 1 is 1.25 bits per heavy atom. The lowest BCUT2D eigenvalue weighted by Crippen LogP contribution is -2.43. The Morgan fingerprint density at radius 2 is 2.04 bits per heavy atom. The molecule has 1 aliphatic heterocycles. The van der Waals surface area contributed by atoms with Crippen molar-refractivity contribution in [1.82, 2.24) is 10.4 Å². The number of carbonyl (C=O) groups is 1. The number of nitrogens with one attached hydrogen (secondary N) is 1. The van der Waals surface area contributed by atoms with E-state index in [1.54, 1.807) is 12.1 Å². The molecule has 1 heterocycles. The third-order valence-corrected chi connectivity index (χ3v) is 4.30. The van der Waals surface area contributed by atoms with Gasteiger partial charge in [0, 0.05) is 13.0 Å². The van der Waals surface area contributed by atoms with Gasteiger partial charge in [-0.05, 0) is 34.4 Å². The Hall–Kier alpha value is -2.08. The van der Waals surface area contributed by atoms with Crippen LogP contribution >= 0.6 is 0 Å². The molecule has 0 bridgehead atoms. The highest BCUT2D eigenvalue weighted by Gasteiger charge is 2.46. The van der Waals surface area contributed by atoms with Crippen LogP contribution in [0.15, 0.2) is 36.4 Å². The number of halogens is 3. The molecule has 128 valence electrons. The van der Waals surface area contributed by atoms with Crippen LogP contribution in [-0.4, -0.2) is 23.6 Å². The van der Waals surface area contributed by atoms with Crippen LogP contribution in [-0.2, 0) is 11.2 Å². The molecule has 1 fully saturated rings. The summed E-state index contributed by atoms with van der Waals surface area (Å²) in [6.07, 6.45) is -2.51. The molecule has 0 aliphatic carbocycles. The molecule has 0 saturated carbocycles. The number of benzene rings is 2. The minimum absolute atomic E-state index is 0.0525. The van der Waals surface area contributed by atoms with Crippen LogP contribution in [0.3, 0.4) is 0 Å². The first-order valence-electron chi connectivity index (χ1n) is 8.04. The number of aryl methyl sites for hydroxylation is 1. The van der Waals surface area contributed by atoms with Crippen molar-refractivity contribution >= 4 is 16.7 Å². The lowest BCUT2D eigenvalue weighted by Gasteiger charge is -2.29. The first-order chi connectivity index (χ1) is 11.4. The zero-order chi connectivity index (χ0) is 17.3. The molecule has 1 saturated heterocycles. The van der Waals surface area contributed by atoms with Gasteiger partial charge in [0.15, 0.2) is 0 Å². The third kappa shape index (κ3) is 3.24. The summed E-state index contributed by atoms with van der Waals surface area (Å²) in [5.41, 5.74) is 3.60. The van der Waals surface area contributed by atoms with Gasteiger partial charge in [0.25, 0.3) is 0 Å². The standard InChI is InChI=1S/C18H19F3N2O/c1-2-4-12-5-3-6-13-11-14(7-8-15(12)13)17(18(19,20)21)23-10-9-16(24)22-23/h3,5-8,11,17H,2,4,9-10H2,1H3,(H,22,24)/t17-/m0/s1. The van der Waals surface area contributed by atoms with Crippen molar-refractivity contribution in [2.45, 2.75) is 38.4 Å². The summed E-state index contributed by atoms with van der Waals surface area (Å²) in [5.74, 6) is -0.379. The molecule has 2 aromatic rings. The smallest absolute Gasteiger partial charge is 0.288 e. The van der Waals surface area contributed by atoms with Crippen molar-refractivity contribution in [3.05, 3.63) is 47.5 Å². The first-order valence-corrected chi connectivity index (χ1v) is 8.04. The fraction of sp³-hybridized carbons (Fsp3) is 0.389. The highest BCUT2D eigenvalue weighted by molar-refractivity contribution is 5.86. The van der Waals surface area contributed by atoms with Crippen LogP contribution in [0.4, 0.5) is 13.2 Å². The average molecular weight is 336 g/mol. The molecule has 24 heavy (non-hydrogen) atoms. The van der Waals surface area contributed by atoms with Crippen LogP contribution in [0.25, 0.3) is 10.8 Å². The molecular weight excluding hydrogens is 317 g/mol. The van der Waals surface area contributed by atoms with Crippen molar-refractivity contribution in [3.8, 4) is 0 Å². The summed E-state index contributed by atoms with van der Waals surface area (Å²) in [7, 11) is 0. The van der Waals surface area contributed by atoms with Crippen LogP contribution in [0, 0.1) is 0 Å². The van der Waals surface area contributed by atoms with Gasteiger partial charge in [0.2, 0.25) is 5.91 Å². The Labute approximate surface area is 138 Å². The number of fused-ring (bicyclic) bond motifs is 1. The number of amides is 1. The zero-order valence-electron chi connectivity index (χ0n) is 13.4. The van der Waals surface area contributed by atoms with Crippen LogP contribution < -0.4 is 5.43 Å². The fourth-order valence-corrected chi connectivity index (χ4v) is 3.26. The maximum Gasteiger partial charge on any atom is 0.409 e. The summed E-state index contributed by atoms with van der Waals surface area (Å²) >= 11 is 0. The van der Waals surface area contributed by atoms with Gasteiger partial charge >= 0.3 is 6.18 Å². The van der Waals surface area contributed by atoms with E-state index in [1.165, 1.54) is 6.07 Å². The number of rotatable bonds is 4. The number of hydrazine groups is 1. The van der Waals surface area contributed by atoms with Gasteiger partial charge in [0.1, 0.15) is 6.04 Å². The SMILES string of the molecule is CCCc1cccc2cc([C@H](N3CCC(=O)N3)C(F)(F)F)ccc12. The molecule has 2 aromatic carbocycles. The number of nitrogens with zero attached hydrogens (tertiary/aromatic N) is 1. The molecule has 0 aromatic heterocycles. The monoisotopic (exact) mass is 336 g/mol. The number of carbonyl (C=O) groups excluding carboxylic acids is 1. The lowest BCUT2D eigenvalue weighted by atomic mass is 9.96. The lowest BCUT2D eigenvalue weighted by molar-refractivity contribution is -0.191. The molecule has 0 radical (unpaired) electrons. The Bertz CT molecular complexity index is 758. The summed E-state index contributed by atoms with van der Waals surface area (Å²) in [6.45, 7) is 2.12. The highest BCUT2D eigenvalue weighted by atomic mass is 19.4. The molecule has 3 rings (SSSR count). The van der Waals surface area contributed by atoms with E-state index in [9.17, 15) is 18.0 Å². The van der Waals surface area contributed by atoms with E-state index in [1.807, 2.05) is 18.2 Å². The second kappa shape index (κ2) is 6.43. The van der Waals surface area contributed by atoms with Crippen molar-refractivity contribution < 1.29 is 18.0 Å². The van der Waals surface area contributed by atoms with Gasteiger partial charge in [-0.15, -0.1) is 0 Å². The van der Waals surface area contributed by atoms with Crippen molar-refractivity contribution in [3.63, 3.8) is 0 Å². The van der Waals surface area contributed by atoms with E-state index in [2.05, 4.69) is 12.3 Å². The van der Waals surface area contributed by atoms with Gasteiger partial charge in [-0.3, -0.25) is 10.2 Å². The fourth-order valence-electron chi connectivity index (χ4n) is 3.26. The summed E-state index contributed by atoms with van der Waals surface area (Å²) in [6, 6.07) is 8.73. The maximum atomic E-state index is 13.6. The van der Waals surface area contributed by atoms with Gasteiger partial charge in [-0.1, -0.05) is 43.7 Å². The predicted molar refractivity (Wildman–Crippen MR) is 86.2 cm³/mol. The molecule has 1 N–H and O–H groups in total. The Balaban J connectivity index is 2.03. The first kappa shape index (κ1) is 16.8. The van der Waals surface area contributed by atoms with Gasteiger partial charge in [0.05, 0.1) is 0 Å². The van der Waals surface area contributed by atoms with E-state index in [0.29, 0.717) is 0 Å². The van der Waals surface area contributed by atoms with Gasteiger partial charge in [-0.2, -0.15) is 13.2 Å². The van der Waals surface area contributed by atoms with Crippen LogP contribution in [0.2, 0.25) is 0 Å². The predicted octanol–water partition coefficient (Wildman–Crippen LogP) is 4.13. The third-order valence-electron chi connectivity index (χ3n) is 4.30. The normalized spacial score (nSPS) is 17.2. The van der Waals surface area contributed by atoms with E-state index >= 15 is 0 Å². The van der Waals surface area contributed by atoms with E-state index in [-0.39, 0.29) is 24.4 Å². The van der Waals surface area contributed by atoms with E-state index < -0.39 is 12.2 Å².